The fraction of sp³-hybridized carbons (Fsp3) is 0.750. The van der Waals surface area contributed by atoms with E-state index in [-0.39, 0.29) is 18.1 Å². The smallest absolute Gasteiger partial charge is 0.254 e. The van der Waals surface area contributed by atoms with Crippen LogP contribution in [-0.2, 0) is 19.0 Å². The van der Waals surface area contributed by atoms with Crippen molar-refractivity contribution in [2.45, 2.75) is 37.9 Å². The molecule has 0 bridgehead atoms. The van der Waals surface area contributed by atoms with Gasteiger partial charge >= 0.3 is 0 Å². The minimum atomic E-state index is -0.582. The first-order valence-electron chi connectivity index (χ1n) is 5.76. The molecule has 1 amide bonds. The first-order valence-corrected chi connectivity index (χ1v) is 5.76. The lowest BCUT2D eigenvalue weighted by molar-refractivity contribution is -0.191. The fourth-order valence-corrected chi connectivity index (χ4v) is 2.41. The van der Waals surface area contributed by atoms with E-state index in [0.29, 0.717) is 13.2 Å². The summed E-state index contributed by atoms with van der Waals surface area (Å²) in [6.07, 6.45) is 1.16. The highest BCUT2D eigenvalue weighted by Crippen LogP contribution is 2.33. The van der Waals surface area contributed by atoms with Gasteiger partial charge in [0.05, 0.1) is 12.6 Å². The van der Waals surface area contributed by atoms with Crippen LogP contribution in [0, 0.1) is 0 Å². The van der Waals surface area contributed by atoms with Crippen molar-refractivity contribution in [1.82, 2.24) is 4.90 Å². The molecule has 2 aliphatic heterocycles. The quantitative estimate of drug-likeness (QED) is 0.533. The van der Waals surface area contributed by atoms with Crippen LogP contribution in [0.15, 0.2) is 12.7 Å². The average Bonchev–Trinajstić information content (AvgIpc) is 2.62. The van der Waals surface area contributed by atoms with Crippen LogP contribution in [0.2, 0.25) is 0 Å². The Kier molecular flexibility index (Phi) is 3.25. The van der Waals surface area contributed by atoms with E-state index < -0.39 is 11.9 Å². The molecular formula is C12H19NO4. The Labute approximate surface area is 101 Å². The van der Waals surface area contributed by atoms with Crippen molar-refractivity contribution in [2.24, 2.45) is 0 Å². The molecule has 3 atom stereocenters. The van der Waals surface area contributed by atoms with Gasteiger partial charge in [0.15, 0.2) is 11.9 Å². The third-order valence-electron chi connectivity index (χ3n) is 3.19. The Balaban J connectivity index is 2.07. The number of nitrogens with zero attached hydrogens (tertiary/aromatic N) is 1. The second-order valence-corrected chi connectivity index (χ2v) is 4.79. The summed E-state index contributed by atoms with van der Waals surface area (Å²) >= 11 is 0. The molecule has 2 fully saturated rings. The minimum absolute atomic E-state index is 0.00861. The van der Waals surface area contributed by atoms with Crippen molar-refractivity contribution in [1.29, 1.82) is 0 Å². The predicted molar refractivity (Wildman–Crippen MR) is 61.4 cm³/mol. The molecule has 2 rings (SSSR count). The molecule has 96 valence electrons. The van der Waals surface area contributed by atoms with Gasteiger partial charge in [0.2, 0.25) is 0 Å². The van der Waals surface area contributed by atoms with E-state index in [1.54, 1.807) is 18.1 Å². The fourth-order valence-electron chi connectivity index (χ4n) is 2.41. The van der Waals surface area contributed by atoms with Gasteiger partial charge in [0.25, 0.3) is 5.91 Å². The highest BCUT2D eigenvalue weighted by molar-refractivity contribution is 5.88. The Morgan fingerprint density at radius 2 is 2.35 bits per heavy atom. The van der Waals surface area contributed by atoms with Gasteiger partial charge in [-0.05, 0) is 13.8 Å². The summed E-state index contributed by atoms with van der Waals surface area (Å²) in [7, 11) is 1.54. The number of hydrogen-bond donors (Lipinski definition) is 0. The summed E-state index contributed by atoms with van der Waals surface area (Å²) in [4.78, 5) is 13.5. The van der Waals surface area contributed by atoms with E-state index in [9.17, 15) is 4.79 Å². The Morgan fingerprint density at radius 3 is 2.82 bits per heavy atom. The predicted octanol–water partition coefficient (Wildman–Crippen LogP) is 0.550. The molecule has 17 heavy (non-hydrogen) atoms. The van der Waals surface area contributed by atoms with Crippen LogP contribution in [0.5, 0.6) is 0 Å². The van der Waals surface area contributed by atoms with E-state index in [1.165, 1.54) is 0 Å². The third-order valence-corrected chi connectivity index (χ3v) is 3.19. The molecule has 0 N–H and O–H groups in total. The van der Waals surface area contributed by atoms with Gasteiger partial charge in [-0.15, -0.1) is 6.58 Å². The molecule has 0 radical (unpaired) electrons. The molecule has 0 aliphatic carbocycles. The molecule has 0 aromatic rings. The van der Waals surface area contributed by atoms with Gasteiger partial charge in [-0.2, -0.15) is 0 Å². The highest BCUT2D eigenvalue weighted by atomic mass is 16.7. The van der Waals surface area contributed by atoms with Crippen molar-refractivity contribution in [3.8, 4) is 0 Å². The lowest BCUT2D eigenvalue weighted by Crippen LogP contribution is -2.70. The molecule has 0 spiro atoms. The molecule has 2 aliphatic rings. The molecular weight excluding hydrogens is 222 g/mol. The SMILES string of the molecule is C=CCN1C(=O)[C@H](OC)[C@@H]1[C@H]1COC(C)(C)O1. The van der Waals surface area contributed by atoms with Crippen LogP contribution in [-0.4, -0.2) is 55.1 Å². The van der Waals surface area contributed by atoms with E-state index in [0.717, 1.165) is 0 Å². The van der Waals surface area contributed by atoms with Gasteiger partial charge in [-0.3, -0.25) is 4.79 Å². The summed E-state index contributed by atoms with van der Waals surface area (Å²) in [5, 5.41) is 0. The Hall–Kier alpha value is -0.910. The summed E-state index contributed by atoms with van der Waals surface area (Å²) in [5.74, 6) is -0.591. The molecule has 2 heterocycles. The van der Waals surface area contributed by atoms with Gasteiger partial charge < -0.3 is 19.1 Å². The topological polar surface area (TPSA) is 48.0 Å². The lowest BCUT2D eigenvalue weighted by atomic mass is 9.92. The van der Waals surface area contributed by atoms with Gasteiger partial charge in [0.1, 0.15) is 6.10 Å². The molecule has 0 aromatic heterocycles. The Bertz CT molecular complexity index is 328. The summed E-state index contributed by atoms with van der Waals surface area (Å²) < 4.78 is 16.5. The zero-order chi connectivity index (χ0) is 12.6. The molecule has 5 nitrogen and oxygen atoms in total. The number of likely N-dealkylation sites (tertiary alicyclic amines) is 1. The van der Waals surface area contributed by atoms with Crippen molar-refractivity contribution < 1.29 is 19.0 Å². The number of carbonyl (C=O) groups is 1. The molecule has 5 heteroatoms. The molecule has 0 unspecified atom stereocenters. The Morgan fingerprint density at radius 1 is 1.65 bits per heavy atom. The van der Waals surface area contributed by atoms with Crippen LogP contribution < -0.4 is 0 Å². The zero-order valence-electron chi connectivity index (χ0n) is 10.5. The van der Waals surface area contributed by atoms with Crippen molar-refractivity contribution in [3.05, 3.63) is 12.7 Å². The van der Waals surface area contributed by atoms with E-state index in [4.69, 9.17) is 14.2 Å². The van der Waals surface area contributed by atoms with Crippen LogP contribution in [0.3, 0.4) is 0 Å². The molecule has 0 aromatic carbocycles. The highest BCUT2D eigenvalue weighted by Gasteiger charge is 2.54. The van der Waals surface area contributed by atoms with Crippen LogP contribution in [0.25, 0.3) is 0 Å². The standard InChI is InChI=1S/C12H19NO4/c1-5-6-13-9(10(15-4)11(13)14)8-7-16-12(2,3)17-8/h5,8-10H,1,6-7H2,2-4H3/t8-,9+,10-/m1/s1. The summed E-state index contributed by atoms with van der Waals surface area (Å²) in [6, 6.07) is -0.0766. The number of carbonyl (C=O) groups excluding carboxylic acids is 1. The minimum Gasteiger partial charge on any atom is -0.369 e. The van der Waals surface area contributed by atoms with Crippen LogP contribution >= 0.6 is 0 Å². The van der Waals surface area contributed by atoms with Crippen LogP contribution in [0.1, 0.15) is 13.8 Å². The molecule has 2 saturated heterocycles. The van der Waals surface area contributed by atoms with Crippen LogP contribution in [0.4, 0.5) is 0 Å². The van der Waals surface area contributed by atoms with E-state index in [2.05, 4.69) is 6.58 Å². The van der Waals surface area contributed by atoms with Gasteiger partial charge in [-0.1, -0.05) is 6.08 Å². The summed E-state index contributed by atoms with van der Waals surface area (Å²) in [5.41, 5.74) is 0. The van der Waals surface area contributed by atoms with Gasteiger partial charge in [-0.25, -0.2) is 0 Å². The first kappa shape index (κ1) is 12.5. The molecule has 0 saturated carbocycles. The lowest BCUT2D eigenvalue weighted by Gasteiger charge is -2.47. The van der Waals surface area contributed by atoms with Crippen molar-refractivity contribution >= 4 is 5.91 Å². The maximum atomic E-state index is 11.8. The second-order valence-electron chi connectivity index (χ2n) is 4.79. The maximum absolute atomic E-state index is 11.8. The number of hydrogen-bond acceptors (Lipinski definition) is 4. The second kappa shape index (κ2) is 4.40. The largest absolute Gasteiger partial charge is 0.369 e. The number of ether oxygens (including phenoxy) is 3. The third kappa shape index (κ3) is 2.10. The van der Waals surface area contributed by atoms with E-state index in [1.807, 2.05) is 13.8 Å². The number of amides is 1. The first-order chi connectivity index (χ1) is 8.00. The van der Waals surface area contributed by atoms with Crippen molar-refractivity contribution in [2.75, 3.05) is 20.3 Å². The number of β-lactam (4-membered cyclic amide) rings is 1. The van der Waals surface area contributed by atoms with E-state index >= 15 is 0 Å². The number of methoxy groups -OCH3 is 1. The number of rotatable bonds is 4. The zero-order valence-corrected chi connectivity index (χ0v) is 10.5. The average molecular weight is 241 g/mol. The summed E-state index contributed by atoms with van der Waals surface area (Å²) in [6.45, 7) is 8.39. The monoisotopic (exact) mass is 241 g/mol. The van der Waals surface area contributed by atoms with Gasteiger partial charge in [0, 0.05) is 13.7 Å². The normalized spacial score (nSPS) is 35.8. The maximum Gasteiger partial charge on any atom is 0.254 e. The van der Waals surface area contributed by atoms with Crippen molar-refractivity contribution in [3.63, 3.8) is 0 Å².